The predicted octanol–water partition coefficient (Wildman–Crippen LogP) is 2.90. The zero-order valence-corrected chi connectivity index (χ0v) is 17.1. The molecule has 1 aliphatic carbocycles. The van der Waals surface area contributed by atoms with Gasteiger partial charge in [0.05, 0.1) is 14.2 Å². The first-order valence-electron chi connectivity index (χ1n) is 9.55. The van der Waals surface area contributed by atoms with E-state index in [2.05, 4.69) is 0 Å². The van der Waals surface area contributed by atoms with Gasteiger partial charge in [0.1, 0.15) is 0 Å². The minimum Gasteiger partial charge on any atom is -0.468 e. The first-order valence-corrected chi connectivity index (χ1v) is 9.55. The number of esters is 2. The van der Waals surface area contributed by atoms with Crippen molar-refractivity contribution in [1.82, 2.24) is 0 Å². The van der Waals surface area contributed by atoms with Crippen LogP contribution < -0.4 is 0 Å². The van der Waals surface area contributed by atoms with Gasteiger partial charge in [-0.15, -0.1) is 0 Å². The minimum absolute atomic E-state index is 0.167. The molecule has 2 aromatic rings. The molecule has 30 heavy (non-hydrogen) atoms. The van der Waals surface area contributed by atoms with Crippen molar-refractivity contribution in [2.24, 2.45) is 11.3 Å². The summed E-state index contributed by atoms with van der Waals surface area (Å²) in [6.45, 7) is 1.66. The fourth-order valence-electron chi connectivity index (χ4n) is 4.09. The molecule has 0 aliphatic heterocycles. The maximum Gasteiger partial charge on any atom is 0.320 e. The van der Waals surface area contributed by atoms with Gasteiger partial charge in [-0.25, -0.2) is 0 Å². The number of methoxy groups -OCH3 is 2. The molecule has 0 amide bonds. The third-order valence-corrected chi connectivity index (χ3v) is 5.74. The molecule has 2 atom stereocenters. The van der Waals surface area contributed by atoms with Crippen molar-refractivity contribution in [1.29, 1.82) is 0 Å². The fourth-order valence-corrected chi connectivity index (χ4v) is 4.09. The highest BCUT2D eigenvalue weighted by molar-refractivity contribution is 6.27. The molecule has 0 fully saturated rings. The summed E-state index contributed by atoms with van der Waals surface area (Å²) >= 11 is 0. The molecule has 156 valence electrons. The van der Waals surface area contributed by atoms with E-state index in [0.29, 0.717) is 16.7 Å². The lowest BCUT2D eigenvalue weighted by molar-refractivity contribution is -0.164. The molecule has 0 radical (unpaired) electrons. The smallest absolute Gasteiger partial charge is 0.320 e. The van der Waals surface area contributed by atoms with Crippen molar-refractivity contribution in [3.63, 3.8) is 0 Å². The van der Waals surface area contributed by atoms with Gasteiger partial charge in [0.15, 0.2) is 17.3 Å². The van der Waals surface area contributed by atoms with Crippen LogP contribution in [0.25, 0.3) is 5.57 Å². The van der Waals surface area contributed by atoms with Gasteiger partial charge in [-0.3, -0.25) is 14.4 Å². The molecule has 0 saturated carbocycles. The molecule has 2 aromatic carbocycles. The normalized spacial score (nSPS) is 23.2. The van der Waals surface area contributed by atoms with Crippen molar-refractivity contribution in [3.8, 4) is 0 Å². The van der Waals surface area contributed by atoms with E-state index in [4.69, 9.17) is 9.47 Å². The van der Waals surface area contributed by atoms with E-state index < -0.39 is 34.7 Å². The second-order valence-corrected chi connectivity index (χ2v) is 7.55. The van der Waals surface area contributed by atoms with E-state index in [-0.39, 0.29) is 6.42 Å². The van der Waals surface area contributed by atoms with E-state index in [1.54, 1.807) is 67.6 Å². The topological polar surface area (TPSA) is 89.9 Å². The summed E-state index contributed by atoms with van der Waals surface area (Å²) in [4.78, 5) is 38.2. The number of ether oxygens (including phenoxy) is 2. The summed E-state index contributed by atoms with van der Waals surface area (Å²) in [6, 6.07) is 17.5. The molecule has 0 unspecified atom stereocenters. The van der Waals surface area contributed by atoms with Gasteiger partial charge in [-0.2, -0.15) is 0 Å². The number of carbonyl (C=O) groups is 3. The van der Waals surface area contributed by atoms with Crippen LogP contribution in [-0.4, -0.2) is 37.0 Å². The Morgan fingerprint density at radius 1 is 0.933 bits per heavy atom. The van der Waals surface area contributed by atoms with Gasteiger partial charge in [-0.1, -0.05) is 73.7 Å². The number of hydrogen-bond donors (Lipinski definition) is 1. The summed E-state index contributed by atoms with van der Waals surface area (Å²) in [7, 11) is 2.35. The van der Waals surface area contributed by atoms with Crippen LogP contribution in [0.5, 0.6) is 0 Å². The number of hydrogen-bond acceptors (Lipinski definition) is 6. The lowest BCUT2D eigenvalue weighted by atomic mass is 9.67. The second kappa shape index (κ2) is 8.24. The molecule has 0 spiro atoms. The minimum atomic E-state index is -1.97. The Labute approximate surface area is 175 Å². The summed E-state index contributed by atoms with van der Waals surface area (Å²) in [5.74, 6) is -3.35. The Hall–Kier alpha value is -3.25. The van der Waals surface area contributed by atoms with Crippen LogP contribution in [0.15, 0.2) is 66.7 Å². The fraction of sp³-hybridized carbons (Fsp3) is 0.292. The van der Waals surface area contributed by atoms with Crippen LogP contribution in [-0.2, 0) is 29.5 Å². The van der Waals surface area contributed by atoms with Gasteiger partial charge in [-0.05, 0) is 17.5 Å². The lowest BCUT2D eigenvalue weighted by Crippen LogP contribution is -2.48. The summed E-state index contributed by atoms with van der Waals surface area (Å²) in [5, 5.41) is 11.8. The number of rotatable bonds is 6. The molecule has 1 N–H and O–H groups in total. The van der Waals surface area contributed by atoms with Gasteiger partial charge in [0.25, 0.3) is 0 Å². The summed E-state index contributed by atoms with van der Waals surface area (Å²) < 4.78 is 9.55. The second-order valence-electron chi connectivity index (χ2n) is 7.55. The van der Waals surface area contributed by atoms with Crippen LogP contribution in [0.3, 0.4) is 0 Å². The van der Waals surface area contributed by atoms with Crippen molar-refractivity contribution in [2.75, 3.05) is 14.2 Å². The SMILES string of the molecule is COC(=O)C(C[C@]1(C)C=C(c2ccccc2)C(=O)[C@]1(O)c1ccccc1)C(=O)OC. The highest BCUT2D eigenvalue weighted by Crippen LogP contribution is 2.54. The average molecular weight is 408 g/mol. The van der Waals surface area contributed by atoms with Crippen LogP contribution in [0.2, 0.25) is 0 Å². The van der Waals surface area contributed by atoms with Crippen molar-refractivity contribution >= 4 is 23.3 Å². The Kier molecular flexibility index (Phi) is 5.89. The molecule has 6 nitrogen and oxygen atoms in total. The quantitative estimate of drug-likeness (QED) is 0.584. The maximum atomic E-state index is 13.6. The monoisotopic (exact) mass is 408 g/mol. The number of Topliss-reactive ketones (excluding diaryl/α,β-unsaturated/α-hetero) is 1. The summed E-state index contributed by atoms with van der Waals surface area (Å²) in [6.07, 6.45) is 1.48. The molecule has 0 bridgehead atoms. The predicted molar refractivity (Wildman–Crippen MR) is 110 cm³/mol. The zero-order chi connectivity index (χ0) is 21.9. The van der Waals surface area contributed by atoms with E-state index in [0.717, 1.165) is 0 Å². The Morgan fingerprint density at radius 2 is 1.43 bits per heavy atom. The van der Waals surface area contributed by atoms with Crippen LogP contribution in [0.1, 0.15) is 24.5 Å². The third-order valence-electron chi connectivity index (χ3n) is 5.74. The summed E-state index contributed by atoms with van der Waals surface area (Å²) in [5.41, 5.74) is -1.89. The molecule has 0 saturated heterocycles. The van der Waals surface area contributed by atoms with Crippen molar-refractivity contribution in [2.45, 2.75) is 18.9 Å². The Morgan fingerprint density at radius 3 is 1.93 bits per heavy atom. The van der Waals surface area contributed by atoms with E-state index in [1.807, 2.05) is 6.07 Å². The Balaban J connectivity index is 2.17. The molecule has 6 heteroatoms. The standard InChI is InChI=1S/C24H24O6/c1-23(15-19(21(26)29-2)22(27)30-3)14-18(16-10-6-4-7-11-16)20(25)24(23,28)17-12-8-5-9-13-17/h4-14,19,28H,15H2,1-3H3/t23-,24+/m0/s1. The number of aliphatic hydroxyl groups is 1. The highest BCUT2D eigenvalue weighted by Gasteiger charge is 2.59. The molecule has 0 heterocycles. The number of benzene rings is 2. The Bertz CT molecular complexity index is 965. The molecule has 3 rings (SSSR count). The zero-order valence-electron chi connectivity index (χ0n) is 17.1. The van der Waals surface area contributed by atoms with Crippen LogP contribution >= 0.6 is 0 Å². The molecular formula is C24H24O6. The molecular weight excluding hydrogens is 384 g/mol. The van der Waals surface area contributed by atoms with Crippen LogP contribution in [0, 0.1) is 11.3 Å². The van der Waals surface area contributed by atoms with Crippen LogP contribution in [0.4, 0.5) is 0 Å². The van der Waals surface area contributed by atoms with E-state index in [9.17, 15) is 19.5 Å². The van der Waals surface area contributed by atoms with Crippen molar-refractivity contribution < 1.29 is 29.0 Å². The number of ketones is 1. The first-order chi connectivity index (χ1) is 14.3. The molecule has 1 aliphatic rings. The highest BCUT2D eigenvalue weighted by atomic mass is 16.5. The largest absolute Gasteiger partial charge is 0.468 e. The maximum absolute atomic E-state index is 13.6. The van der Waals surface area contributed by atoms with Gasteiger partial charge < -0.3 is 14.6 Å². The molecule has 0 aromatic heterocycles. The number of carbonyl (C=O) groups excluding carboxylic acids is 3. The van der Waals surface area contributed by atoms with Gasteiger partial charge in [0, 0.05) is 11.0 Å². The van der Waals surface area contributed by atoms with E-state index in [1.165, 1.54) is 14.2 Å². The van der Waals surface area contributed by atoms with Gasteiger partial charge in [0.2, 0.25) is 0 Å². The average Bonchev–Trinajstić information content (AvgIpc) is 2.99. The van der Waals surface area contributed by atoms with Crippen molar-refractivity contribution in [3.05, 3.63) is 77.9 Å². The lowest BCUT2D eigenvalue weighted by Gasteiger charge is -2.39. The van der Waals surface area contributed by atoms with Gasteiger partial charge >= 0.3 is 11.9 Å². The van der Waals surface area contributed by atoms with E-state index >= 15 is 0 Å². The third kappa shape index (κ3) is 3.44. The first kappa shape index (κ1) is 21.5.